The highest BCUT2D eigenvalue weighted by molar-refractivity contribution is 6.17. The number of carbonyl (C=O) groups is 3. The molecular formula is C23H20F3N3O3. The van der Waals surface area contributed by atoms with Crippen molar-refractivity contribution in [3.8, 4) is 6.07 Å². The third kappa shape index (κ3) is 3.84. The summed E-state index contributed by atoms with van der Waals surface area (Å²) in [5.41, 5.74) is -1.69. The highest BCUT2D eigenvalue weighted by Gasteiger charge is 2.65. The third-order valence-electron chi connectivity index (χ3n) is 5.82. The van der Waals surface area contributed by atoms with Gasteiger partial charge in [0.1, 0.15) is 6.04 Å². The largest absolute Gasteiger partial charge is 0.453 e. The predicted molar refractivity (Wildman–Crippen MR) is 108 cm³/mol. The lowest BCUT2D eigenvalue weighted by molar-refractivity contribution is -0.194. The van der Waals surface area contributed by atoms with E-state index in [1.807, 2.05) is 6.07 Å². The van der Waals surface area contributed by atoms with Gasteiger partial charge in [0.2, 0.25) is 5.91 Å². The third-order valence-corrected chi connectivity index (χ3v) is 5.82. The lowest BCUT2D eigenvalue weighted by atomic mass is 9.79. The minimum atomic E-state index is -5.33. The van der Waals surface area contributed by atoms with Crippen LogP contribution in [0.4, 0.5) is 13.2 Å². The second-order valence-corrected chi connectivity index (χ2v) is 7.65. The highest BCUT2D eigenvalue weighted by Crippen LogP contribution is 2.36. The molecule has 1 heterocycles. The van der Waals surface area contributed by atoms with E-state index in [-0.39, 0.29) is 12.0 Å². The Balaban J connectivity index is 2.07. The minimum absolute atomic E-state index is 0.0726. The first-order valence-electron chi connectivity index (χ1n) is 9.72. The molecule has 0 aromatic heterocycles. The molecule has 0 saturated carbocycles. The Bertz CT molecular complexity index is 1090. The van der Waals surface area contributed by atoms with Gasteiger partial charge in [-0.15, -0.1) is 0 Å². The van der Waals surface area contributed by atoms with Crippen molar-refractivity contribution in [1.29, 1.82) is 5.26 Å². The fourth-order valence-corrected chi connectivity index (χ4v) is 4.04. The Morgan fingerprint density at radius 2 is 1.66 bits per heavy atom. The van der Waals surface area contributed by atoms with Gasteiger partial charge in [-0.3, -0.25) is 14.4 Å². The zero-order chi connectivity index (χ0) is 23.7. The number of rotatable bonds is 5. The molecule has 2 aromatic rings. The average Bonchev–Trinajstić information content (AvgIpc) is 2.78. The summed E-state index contributed by atoms with van der Waals surface area (Å²) in [4.78, 5) is 40.8. The predicted octanol–water partition coefficient (Wildman–Crippen LogP) is 2.51. The first-order valence-corrected chi connectivity index (χ1v) is 9.72. The second kappa shape index (κ2) is 8.46. The van der Waals surface area contributed by atoms with E-state index in [0.717, 1.165) is 11.9 Å². The van der Waals surface area contributed by atoms with E-state index in [1.54, 1.807) is 42.5 Å². The maximum atomic E-state index is 13.6. The van der Waals surface area contributed by atoms with Crippen molar-refractivity contribution in [2.75, 3.05) is 14.1 Å². The van der Waals surface area contributed by atoms with E-state index < -0.39 is 41.8 Å². The molecule has 3 rings (SSSR count). The second-order valence-electron chi connectivity index (χ2n) is 7.65. The number of Topliss-reactive ketones (excluding diaryl/α,β-unsaturated/α-hetero) is 1. The molecular weight excluding hydrogens is 423 g/mol. The van der Waals surface area contributed by atoms with Crippen LogP contribution in [0.5, 0.6) is 0 Å². The van der Waals surface area contributed by atoms with Crippen molar-refractivity contribution in [3.63, 3.8) is 0 Å². The molecule has 0 aliphatic carbocycles. The van der Waals surface area contributed by atoms with Crippen molar-refractivity contribution < 1.29 is 27.6 Å². The average molecular weight is 443 g/mol. The summed E-state index contributed by atoms with van der Waals surface area (Å²) in [6.45, 7) is 0. The monoisotopic (exact) mass is 443 g/mol. The Hall–Kier alpha value is -3.67. The lowest BCUT2D eigenvalue weighted by Gasteiger charge is -2.49. The Labute approximate surface area is 182 Å². The summed E-state index contributed by atoms with van der Waals surface area (Å²) < 4.78 is 40.9. The zero-order valence-corrected chi connectivity index (χ0v) is 17.4. The molecule has 0 spiro atoms. The fraction of sp³-hybridized carbons (Fsp3) is 0.304. The number of likely N-dealkylation sites (N-methyl/N-ethyl adjacent to an activating group) is 2. The fourth-order valence-electron chi connectivity index (χ4n) is 4.04. The standard InChI is InChI=1S/C23H20F3N3O3/c1-28-18(12-16-10-6-7-11-17(16)14-27)19(30)29(2)22(21(28)32,20(31)23(24,25)26)13-15-8-4-3-5-9-15/h3-11,18H,12-13H2,1-2H3. The van der Waals surface area contributed by atoms with E-state index in [4.69, 9.17) is 0 Å². The molecule has 9 heteroatoms. The molecule has 1 fully saturated rings. The smallest absolute Gasteiger partial charge is 0.331 e. The molecule has 2 unspecified atom stereocenters. The van der Waals surface area contributed by atoms with Crippen LogP contribution < -0.4 is 0 Å². The van der Waals surface area contributed by atoms with Gasteiger partial charge in [-0.25, -0.2) is 0 Å². The maximum Gasteiger partial charge on any atom is 0.453 e. The summed E-state index contributed by atoms with van der Waals surface area (Å²) >= 11 is 0. The van der Waals surface area contributed by atoms with E-state index in [0.29, 0.717) is 16.0 Å². The van der Waals surface area contributed by atoms with Gasteiger partial charge >= 0.3 is 6.18 Å². The van der Waals surface area contributed by atoms with Crippen LogP contribution in [0.3, 0.4) is 0 Å². The summed E-state index contributed by atoms with van der Waals surface area (Å²) in [6, 6.07) is 15.0. The van der Waals surface area contributed by atoms with Crippen LogP contribution >= 0.6 is 0 Å². The number of halogens is 3. The molecule has 0 radical (unpaired) electrons. The summed E-state index contributed by atoms with van der Waals surface area (Å²) in [6.07, 6.45) is -6.02. The zero-order valence-electron chi connectivity index (χ0n) is 17.4. The number of amides is 2. The van der Waals surface area contributed by atoms with Gasteiger partial charge in [0.25, 0.3) is 11.7 Å². The van der Waals surface area contributed by atoms with E-state index in [2.05, 4.69) is 0 Å². The summed E-state index contributed by atoms with van der Waals surface area (Å²) in [7, 11) is 2.25. The van der Waals surface area contributed by atoms with Crippen molar-refractivity contribution in [3.05, 3.63) is 71.3 Å². The van der Waals surface area contributed by atoms with Crippen LogP contribution in [0.1, 0.15) is 16.7 Å². The minimum Gasteiger partial charge on any atom is -0.331 e. The van der Waals surface area contributed by atoms with Gasteiger partial charge in [-0.05, 0) is 17.2 Å². The number of benzene rings is 2. The van der Waals surface area contributed by atoms with Crippen molar-refractivity contribution in [2.24, 2.45) is 0 Å². The van der Waals surface area contributed by atoms with E-state index in [1.165, 1.54) is 19.2 Å². The summed E-state index contributed by atoms with van der Waals surface area (Å²) in [5.74, 6) is -4.23. The van der Waals surface area contributed by atoms with Crippen molar-refractivity contribution in [1.82, 2.24) is 9.80 Å². The molecule has 6 nitrogen and oxygen atoms in total. The number of nitrogens with zero attached hydrogens (tertiary/aromatic N) is 3. The molecule has 0 N–H and O–H groups in total. The molecule has 2 atom stereocenters. The van der Waals surface area contributed by atoms with Crippen molar-refractivity contribution in [2.45, 2.75) is 30.6 Å². The van der Waals surface area contributed by atoms with Crippen molar-refractivity contribution >= 4 is 17.6 Å². The number of nitriles is 1. The Morgan fingerprint density at radius 1 is 1.06 bits per heavy atom. The Kier molecular flexibility index (Phi) is 6.08. The molecule has 1 aliphatic rings. The molecule has 32 heavy (non-hydrogen) atoms. The highest BCUT2D eigenvalue weighted by atomic mass is 19.4. The first-order chi connectivity index (χ1) is 15.0. The molecule has 1 aliphatic heterocycles. The van der Waals surface area contributed by atoms with Gasteiger partial charge in [-0.1, -0.05) is 48.5 Å². The molecule has 0 bridgehead atoms. The van der Waals surface area contributed by atoms with Gasteiger partial charge in [-0.2, -0.15) is 18.4 Å². The first kappa shape index (κ1) is 23.0. The van der Waals surface area contributed by atoms with Crippen LogP contribution in [0, 0.1) is 11.3 Å². The van der Waals surface area contributed by atoms with Crippen LogP contribution in [-0.2, 0) is 27.2 Å². The van der Waals surface area contributed by atoms with Crippen LogP contribution in [0.2, 0.25) is 0 Å². The maximum absolute atomic E-state index is 13.6. The van der Waals surface area contributed by atoms with Crippen LogP contribution in [0.15, 0.2) is 54.6 Å². The van der Waals surface area contributed by atoms with Crippen LogP contribution in [0.25, 0.3) is 0 Å². The number of hydrogen-bond donors (Lipinski definition) is 0. The van der Waals surface area contributed by atoms with E-state index in [9.17, 15) is 32.8 Å². The normalized spacial score (nSPS) is 21.4. The number of piperazine rings is 1. The van der Waals surface area contributed by atoms with Gasteiger partial charge in [0.15, 0.2) is 5.54 Å². The number of hydrogen-bond acceptors (Lipinski definition) is 4. The molecule has 1 saturated heterocycles. The molecule has 2 aromatic carbocycles. The Morgan fingerprint density at radius 3 is 2.25 bits per heavy atom. The lowest BCUT2D eigenvalue weighted by Crippen LogP contribution is -2.75. The molecule has 2 amide bonds. The quantitative estimate of drug-likeness (QED) is 0.665. The SMILES string of the molecule is CN1C(=O)C(Cc2ccccc2)(C(=O)C(F)(F)F)N(C)C(=O)C1Cc1ccccc1C#N. The topological polar surface area (TPSA) is 81.5 Å². The van der Waals surface area contributed by atoms with E-state index >= 15 is 0 Å². The number of carbonyl (C=O) groups excluding carboxylic acids is 3. The number of ketones is 1. The van der Waals surface area contributed by atoms with Crippen LogP contribution in [-0.4, -0.2) is 59.2 Å². The molecule has 166 valence electrons. The van der Waals surface area contributed by atoms with Gasteiger partial charge < -0.3 is 9.80 Å². The number of alkyl halides is 3. The van der Waals surface area contributed by atoms with Gasteiger partial charge in [0, 0.05) is 26.9 Å². The van der Waals surface area contributed by atoms with Gasteiger partial charge in [0.05, 0.1) is 11.6 Å². The summed E-state index contributed by atoms with van der Waals surface area (Å²) in [5, 5.41) is 9.30.